The summed E-state index contributed by atoms with van der Waals surface area (Å²) in [5.74, 6) is 0.230. The zero-order valence-corrected chi connectivity index (χ0v) is 14.2. The molecule has 0 aliphatic heterocycles. The number of hydrogen-bond acceptors (Lipinski definition) is 3. The number of aliphatic hydroxyl groups is 1. The van der Waals surface area contributed by atoms with E-state index in [1.54, 1.807) is 6.20 Å². The van der Waals surface area contributed by atoms with E-state index in [1.807, 2.05) is 56.3 Å². The van der Waals surface area contributed by atoms with Crippen molar-refractivity contribution >= 4 is 6.03 Å². The molecule has 0 bridgehead atoms. The Balaban J connectivity index is 2.11. The lowest BCUT2D eigenvalue weighted by Crippen LogP contribution is -2.40. The molecule has 2 unspecified atom stereocenters. The lowest BCUT2D eigenvalue weighted by atomic mass is 10.0. The number of hydrogen-bond donors (Lipinski definition) is 3. The van der Waals surface area contributed by atoms with Crippen LogP contribution in [0, 0.1) is 12.8 Å². The van der Waals surface area contributed by atoms with Gasteiger partial charge in [0.1, 0.15) is 0 Å². The molecule has 128 valence electrons. The molecule has 5 nitrogen and oxygen atoms in total. The number of benzene rings is 1. The van der Waals surface area contributed by atoms with Gasteiger partial charge in [-0.1, -0.05) is 42.8 Å². The number of aromatic nitrogens is 1. The van der Waals surface area contributed by atoms with Gasteiger partial charge in [-0.05, 0) is 37.0 Å². The number of aryl methyl sites for hydroxylation is 1. The molecule has 0 radical (unpaired) electrons. The summed E-state index contributed by atoms with van der Waals surface area (Å²) in [5, 5.41) is 14.8. The minimum absolute atomic E-state index is 0.129. The van der Waals surface area contributed by atoms with Crippen LogP contribution in [-0.4, -0.2) is 29.3 Å². The van der Waals surface area contributed by atoms with Gasteiger partial charge in [-0.15, -0.1) is 0 Å². The van der Waals surface area contributed by atoms with Crippen LogP contribution in [0.1, 0.15) is 36.2 Å². The van der Waals surface area contributed by atoms with E-state index in [9.17, 15) is 4.79 Å². The van der Waals surface area contributed by atoms with Gasteiger partial charge in [0.05, 0.1) is 11.7 Å². The summed E-state index contributed by atoms with van der Waals surface area (Å²) in [7, 11) is 0. The molecule has 0 aliphatic carbocycles. The fourth-order valence-corrected chi connectivity index (χ4v) is 2.50. The number of rotatable bonds is 7. The third kappa shape index (κ3) is 5.35. The van der Waals surface area contributed by atoms with Crippen molar-refractivity contribution in [2.24, 2.45) is 5.92 Å². The zero-order chi connectivity index (χ0) is 17.4. The number of nitrogens with one attached hydrogen (secondary N) is 2. The number of aliphatic hydroxyl groups excluding tert-OH is 1. The maximum absolute atomic E-state index is 12.3. The summed E-state index contributed by atoms with van der Waals surface area (Å²) in [5.41, 5.74) is 2.92. The molecular formula is C19H25N3O2. The second kappa shape index (κ2) is 9.03. The van der Waals surface area contributed by atoms with Crippen molar-refractivity contribution in [1.29, 1.82) is 0 Å². The Morgan fingerprint density at radius 3 is 2.75 bits per heavy atom. The molecule has 0 spiro atoms. The normalized spacial score (nSPS) is 13.1. The van der Waals surface area contributed by atoms with E-state index in [2.05, 4.69) is 15.6 Å². The van der Waals surface area contributed by atoms with E-state index in [4.69, 9.17) is 5.11 Å². The van der Waals surface area contributed by atoms with E-state index in [0.717, 1.165) is 16.8 Å². The van der Waals surface area contributed by atoms with E-state index < -0.39 is 0 Å². The van der Waals surface area contributed by atoms with Crippen molar-refractivity contribution in [3.8, 4) is 0 Å². The minimum Gasteiger partial charge on any atom is -0.396 e. The summed E-state index contributed by atoms with van der Waals surface area (Å²) in [6.45, 7) is 4.67. The van der Waals surface area contributed by atoms with Crippen molar-refractivity contribution in [2.45, 2.75) is 26.3 Å². The highest BCUT2D eigenvalue weighted by molar-refractivity contribution is 5.75. The molecule has 0 fully saturated rings. The second-order valence-electron chi connectivity index (χ2n) is 6.07. The number of carbonyl (C=O) groups excluding carboxylic acids is 1. The van der Waals surface area contributed by atoms with Crippen LogP contribution in [0.3, 0.4) is 0 Å². The number of amides is 2. The Bertz CT molecular complexity index is 646. The molecule has 1 aromatic carbocycles. The molecule has 2 amide bonds. The second-order valence-corrected chi connectivity index (χ2v) is 6.07. The number of carbonyl (C=O) groups is 1. The summed E-state index contributed by atoms with van der Waals surface area (Å²) in [6.07, 6.45) is 2.39. The third-order valence-corrected chi connectivity index (χ3v) is 3.87. The van der Waals surface area contributed by atoms with Gasteiger partial charge in [0.25, 0.3) is 0 Å². The van der Waals surface area contributed by atoms with Crippen LogP contribution in [0.2, 0.25) is 0 Å². The Hall–Kier alpha value is -2.40. The van der Waals surface area contributed by atoms with Gasteiger partial charge < -0.3 is 15.7 Å². The SMILES string of the molecule is Cc1cccc(C(NC(=O)NCC(C)CCO)c2ccccn2)c1. The Kier molecular flexibility index (Phi) is 6.75. The van der Waals surface area contributed by atoms with Gasteiger partial charge in [-0.25, -0.2) is 4.79 Å². The first-order valence-corrected chi connectivity index (χ1v) is 8.23. The maximum atomic E-state index is 12.3. The van der Waals surface area contributed by atoms with Gasteiger partial charge in [-0.3, -0.25) is 4.98 Å². The van der Waals surface area contributed by atoms with Gasteiger partial charge in [0.15, 0.2) is 0 Å². The fourth-order valence-electron chi connectivity index (χ4n) is 2.50. The molecule has 3 N–H and O–H groups in total. The summed E-state index contributed by atoms with van der Waals surface area (Å²) in [4.78, 5) is 16.7. The highest BCUT2D eigenvalue weighted by Crippen LogP contribution is 2.21. The molecule has 24 heavy (non-hydrogen) atoms. The monoisotopic (exact) mass is 327 g/mol. The average Bonchev–Trinajstić information content (AvgIpc) is 2.59. The Morgan fingerprint density at radius 1 is 1.25 bits per heavy atom. The molecule has 2 atom stereocenters. The lowest BCUT2D eigenvalue weighted by Gasteiger charge is -2.20. The first-order chi connectivity index (χ1) is 11.6. The Morgan fingerprint density at radius 2 is 2.08 bits per heavy atom. The van der Waals surface area contributed by atoms with Crippen LogP contribution < -0.4 is 10.6 Å². The molecule has 2 aromatic rings. The third-order valence-electron chi connectivity index (χ3n) is 3.87. The molecule has 0 saturated carbocycles. The van der Waals surface area contributed by atoms with E-state index in [0.29, 0.717) is 13.0 Å². The zero-order valence-electron chi connectivity index (χ0n) is 14.2. The summed E-state index contributed by atoms with van der Waals surface area (Å²) >= 11 is 0. The summed E-state index contributed by atoms with van der Waals surface area (Å²) in [6, 6.07) is 13.2. The van der Waals surface area contributed by atoms with Crippen LogP contribution in [0.4, 0.5) is 4.79 Å². The largest absolute Gasteiger partial charge is 0.396 e. The summed E-state index contributed by atoms with van der Waals surface area (Å²) < 4.78 is 0. The number of pyridine rings is 1. The quantitative estimate of drug-likeness (QED) is 0.732. The van der Waals surface area contributed by atoms with Crippen LogP contribution in [-0.2, 0) is 0 Å². The predicted molar refractivity (Wildman–Crippen MR) is 94.7 cm³/mol. The first kappa shape index (κ1) is 17.9. The minimum atomic E-state index is -0.306. The average molecular weight is 327 g/mol. The molecule has 2 rings (SSSR count). The molecule has 1 heterocycles. The Labute approximate surface area is 143 Å². The fraction of sp³-hybridized carbons (Fsp3) is 0.368. The van der Waals surface area contributed by atoms with Crippen LogP contribution >= 0.6 is 0 Å². The van der Waals surface area contributed by atoms with Crippen molar-refractivity contribution in [1.82, 2.24) is 15.6 Å². The van der Waals surface area contributed by atoms with Gasteiger partial charge in [0, 0.05) is 19.3 Å². The van der Waals surface area contributed by atoms with Crippen LogP contribution in [0.5, 0.6) is 0 Å². The van der Waals surface area contributed by atoms with Crippen molar-refractivity contribution in [3.63, 3.8) is 0 Å². The maximum Gasteiger partial charge on any atom is 0.315 e. The topological polar surface area (TPSA) is 74.2 Å². The molecule has 0 saturated heterocycles. The lowest BCUT2D eigenvalue weighted by molar-refractivity contribution is 0.232. The first-order valence-electron chi connectivity index (χ1n) is 8.23. The number of nitrogens with zero attached hydrogens (tertiary/aromatic N) is 1. The number of urea groups is 1. The molecular weight excluding hydrogens is 302 g/mol. The van der Waals surface area contributed by atoms with Gasteiger partial charge in [0.2, 0.25) is 0 Å². The highest BCUT2D eigenvalue weighted by Gasteiger charge is 2.18. The molecule has 5 heteroatoms. The molecule has 0 aliphatic rings. The standard InChI is InChI=1S/C19H25N3O2/c1-14-6-5-7-16(12-14)18(17-8-3-4-10-20-17)22-19(24)21-13-15(2)9-11-23/h3-8,10,12,15,18,23H,9,11,13H2,1-2H3,(H2,21,22,24). The highest BCUT2D eigenvalue weighted by atomic mass is 16.3. The van der Waals surface area contributed by atoms with Crippen molar-refractivity contribution in [3.05, 3.63) is 65.5 Å². The van der Waals surface area contributed by atoms with E-state index in [1.165, 1.54) is 0 Å². The van der Waals surface area contributed by atoms with E-state index >= 15 is 0 Å². The van der Waals surface area contributed by atoms with Gasteiger partial charge >= 0.3 is 6.03 Å². The van der Waals surface area contributed by atoms with Crippen LogP contribution in [0.15, 0.2) is 48.7 Å². The van der Waals surface area contributed by atoms with Crippen molar-refractivity contribution in [2.75, 3.05) is 13.2 Å². The predicted octanol–water partition coefficient (Wildman–Crippen LogP) is 2.80. The van der Waals surface area contributed by atoms with E-state index in [-0.39, 0.29) is 24.6 Å². The van der Waals surface area contributed by atoms with Crippen LogP contribution in [0.25, 0.3) is 0 Å². The van der Waals surface area contributed by atoms with Crippen molar-refractivity contribution < 1.29 is 9.90 Å². The molecule has 1 aromatic heterocycles. The smallest absolute Gasteiger partial charge is 0.315 e. The van der Waals surface area contributed by atoms with Gasteiger partial charge in [-0.2, -0.15) is 0 Å².